The van der Waals surface area contributed by atoms with Gasteiger partial charge >= 0.3 is 0 Å². The molecule has 0 aromatic heterocycles. The highest BCUT2D eigenvalue weighted by atomic mass is 32.2. The summed E-state index contributed by atoms with van der Waals surface area (Å²) in [5.74, 6) is 0. The summed E-state index contributed by atoms with van der Waals surface area (Å²) in [4.78, 5) is 0. The van der Waals surface area contributed by atoms with E-state index in [1.807, 2.05) is 32.0 Å². The van der Waals surface area contributed by atoms with Gasteiger partial charge in [0.25, 0.3) is 0 Å². The Balaban J connectivity index is 2.65. The topological polar surface area (TPSA) is 55.1 Å². The van der Waals surface area contributed by atoms with Gasteiger partial charge in [0.15, 0.2) is 0 Å². The molecule has 0 aliphatic heterocycles. The Hall–Kier alpha value is -1.03. The standard InChI is InChI=1S/C11H18N2OS/c1-8-4-5-10(12)11(6-8)13-7-9(2)15(3)14/h4-6,9,13H,7,12H2,1-3H3. The van der Waals surface area contributed by atoms with E-state index in [-0.39, 0.29) is 5.25 Å². The van der Waals surface area contributed by atoms with Gasteiger partial charge in [-0.05, 0) is 31.5 Å². The second-order valence-corrected chi connectivity index (χ2v) is 5.58. The minimum Gasteiger partial charge on any atom is -0.397 e. The van der Waals surface area contributed by atoms with Crippen molar-refractivity contribution < 1.29 is 4.21 Å². The van der Waals surface area contributed by atoms with Crippen molar-refractivity contribution in [2.45, 2.75) is 19.1 Å². The molecule has 0 heterocycles. The molecule has 1 rings (SSSR count). The van der Waals surface area contributed by atoms with Gasteiger partial charge in [-0.2, -0.15) is 0 Å². The van der Waals surface area contributed by atoms with Gasteiger partial charge in [0.2, 0.25) is 0 Å². The van der Waals surface area contributed by atoms with E-state index in [0.717, 1.165) is 16.9 Å². The van der Waals surface area contributed by atoms with Crippen molar-refractivity contribution in [2.75, 3.05) is 23.9 Å². The Morgan fingerprint density at radius 2 is 2.20 bits per heavy atom. The SMILES string of the molecule is Cc1ccc(N)c(NCC(C)S(C)=O)c1. The molecule has 0 spiro atoms. The monoisotopic (exact) mass is 226 g/mol. The fourth-order valence-electron chi connectivity index (χ4n) is 1.19. The van der Waals surface area contributed by atoms with Gasteiger partial charge in [-0.25, -0.2) is 0 Å². The molecule has 1 aromatic carbocycles. The second-order valence-electron chi connectivity index (χ2n) is 3.78. The summed E-state index contributed by atoms with van der Waals surface area (Å²) in [6.45, 7) is 4.65. The van der Waals surface area contributed by atoms with Gasteiger partial charge < -0.3 is 11.1 Å². The normalized spacial score (nSPS) is 14.6. The fraction of sp³-hybridized carbons (Fsp3) is 0.455. The summed E-state index contributed by atoms with van der Waals surface area (Å²) in [6.07, 6.45) is 1.71. The largest absolute Gasteiger partial charge is 0.397 e. The van der Waals surface area contributed by atoms with Crippen molar-refractivity contribution in [1.29, 1.82) is 0 Å². The highest BCUT2D eigenvalue weighted by molar-refractivity contribution is 7.84. The first-order valence-electron chi connectivity index (χ1n) is 4.93. The van der Waals surface area contributed by atoms with Gasteiger partial charge in [-0.1, -0.05) is 6.07 Å². The van der Waals surface area contributed by atoms with Crippen LogP contribution in [0.15, 0.2) is 18.2 Å². The Morgan fingerprint density at radius 3 is 2.80 bits per heavy atom. The van der Waals surface area contributed by atoms with E-state index in [1.54, 1.807) is 6.26 Å². The van der Waals surface area contributed by atoms with E-state index in [1.165, 1.54) is 0 Å². The van der Waals surface area contributed by atoms with Crippen LogP contribution >= 0.6 is 0 Å². The second kappa shape index (κ2) is 5.16. The quantitative estimate of drug-likeness (QED) is 0.769. The highest BCUT2D eigenvalue weighted by Gasteiger charge is 2.06. The molecule has 0 radical (unpaired) electrons. The predicted molar refractivity (Wildman–Crippen MR) is 67.6 cm³/mol. The number of aryl methyl sites for hydroxylation is 1. The number of benzene rings is 1. The number of nitrogens with two attached hydrogens (primary N) is 1. The number of hydrogen-bond acceptors (Lipinski definition) is 3. The van der Waals surface area contributed by atoms with Crippen LogP contribution < -0.4 is 11.1 Å². The molecule has 0 amide bonds. The lowest BCUT2D eigenvalue weighted by atomic mass is 10.2. The van der Waals surface area contributed by atoms with Crippen molar-refractivity contribution in [3.63, 3.8) is 0 Å². The first-order valence-corrected chi connectivity index (χ1v) is 6.55. The lowest BCUT2D eigenvalue weighted by molar-refractivity contribution is 0.679. The molecule has 3 nitrogen and oxygen atoms in total. The Kier molecular flexibility index (Phi) is 4.15. The van der Waals surface area contributed by atoms with Gasteiger partial charge in [0.05, 0.1) is 11.4 Å². The molecular weight excluding hydrogens is 208 g/mol. The summed E-state index contributed by atoms with van der Waals surface area (Å²) < 4.78 is 11.2. The summed E-state index contributed by atoms with van der Waals surface area (Å²) >= 11 is 0. The molecule has 1 aromatic rings. The summed E-state index contributed by atoms with van der Waals surface area (Å²) in [6, 6.07) is 5.85. The third-order valence-corrected chi connectivity index (χ3v) is 3.66. The molecule has 3 N–H and O–H groups in total. The van der Waals surface area contributed by atoms with Crippen LogP contribution in [-0.2, 0) is 10.8 Å². The van der Waals surface area contributed by atoms with Crippen molar-refractivity contribution in [3.8, 4) is 0 Å². The summed E-state index contributed by atoms with van der Waals surface area (Å²) in [5.41, 5.74) is 8.63. The zero-order chi connectivity index (χ0) is 11.4. The van der Waals surface area contributed by atoms with Crippen molar-refractivity contribution >= 4 is 22.2 Å². The minimum absolute atomic E-state index is 0.130. The Labute approximate surface area is 93.5 Å². The van der Waals surface area contributed by atoms with Gasteiger partial charge in [-0.15, -0.1) is 0 Å². The maximum atomic E-state index is 11.2. The molecule has 2 unspecified atom stereocenters. The van der Waals surface area contributed by atoms with Crippen molar-refractivity contribution in [1.82, 2.24) is 0 Å². The summed E-state index contributed by atoms with van der Waals surface area (Å²) in [7, 11) is -0.799. The van der Waals surface area contributed by atoms with Gasteiger partial charge in [-0.3, -0.25) is 4.21 Å². The molecule has 0 aliphatic rings. The first kappa shape index (κ1) is 12.0. The van der Waals surface area contributed by atoms with Crippen LogP contribution in [0.3, 0.4) is 0 Å². The lowest BCUT2D eigenvalue weighted by Crippen LogP contribution is -2.21. The van der Waals surface area contributed by atoms with Crippen LogP contribution in [0.25, 0.3) is 0 Å². The van der Waals surface area contributed by atoms with E-state index in [2.05, 4.69) is 5.32 Å². The maximum absolute atomic E-state index is 11.2. The van der Waals surface area contributed by atoms with E-state index in [0.29, 0.717) is 6.54 Å². The Bertz CT molecular complexity index is 366. The van der Waals surface area contributed by atoms with Gasteiger partial charge in [0.1, 0.15) is 0 Å². The molecule has 4 heteroatoms. The average Bonchev–Trinajstić information content (AvgIpc) is 2.18. The van der Waals surface area contributed by atoms with E-state index in [4.69, 9.17) is 5.73 Å². The van der Waals surface area contributed by atoms with Crippen molar-refractivity contribution in [3.05, 3.63) is 23.8 Å². The zero-order valence-electron chi connectivity index (χ0n) is 9.41. The smallest absolute Gasteiger partial charge is 0.0576 e. The average molecular weight is 226 g/mol. The van der Waals surface area contributed by atoms with E-state index >= 15 is 0 Å². The third kappa shape index (κ3) is 3.55. The minimum atomic E-state index is -0.799. The maximum Gasteiger partial charge on any atom is 0.0576 e. The molecule has 0 fully saturated rings. The molecule has 0 aliphatic carbocycles. The highest BCUT2D eigenvalue weighted by Crippen LogP contribution is 2.19. The van der Waals surface area contributed by atoms with Gasteiger partial charge in [0, 0.05) is 28.9 Å². The lowest BCUT2D eigenvalue weighted by Gasteiger charge is -2.13. The molecule has 2 atom stereocenters. The number of anilines is 2. The van der Waals surface area contributed by atoms with Crippen LogP contribution in [0.1, 0.15) is 12.5 Å². The summed E-state index contributed by atoms with van der Waals surface area (Å²) in [5, 5.41) is 3.35. The predicted octanol–water partition coefficient (Wildman–Crippen LogP) is 1.76. The Morgan fingerprint density at radius 1 is 1.53 bits per heavy atom. The fourth-order valence-corrected chi connectivity index (χ4v) is 1.51. The number of nitrogen functional groups attached to an aromatic ring is 1. The van der Waals surface area contributed by atoms with E-state index < -0.39 is 10.8 Å². The van der Waals surface area contributed by atoms with Crippen LogP contribution in [0.4, 0.5) is 11.4 Å². The van der Waals surface area contributed by atoms with Crippen LogP contribution in [-0.4, -0.2) is 22.3 Å². The van der Waals surface area contributed by atoms with E-state index in [9.17, 15) is 4.21 Å². The molecule has 84 valence electrons. The van der Waals surface area contributed by atoms with Crippen LogP contribution in [0, 0.1) is 6.92 Å². The van der Waals surface area contributed by atoms with Crippen LogP contribution in [0.2, 0.25) is 0 Å². The zero-order valence-corrected chi connectivity index (χ0v) is 10.2. The first-order chi connectivity index (χ1) is 7.00. The molecule has 0 saturated heterocycles. The van der Waals surface area contributed by atoms with Crippen LogP contribution in [0.5, 0.6) is 0 Å². The molecule has 0 bridgehead atoms. The molecule has 15 heavy (non-hydrogen) atoms. The number of rotatable bonds is 4. The number of nitrogens with one attached hydrogen (secondary N) is 1. The number of hydrogen-bond donors (Lipinski definition) is 2. The third-order valence-electron chi connectivity index (χ3n) is 2.36. The molecule has 0 saturated carbocycles. The molecular formula is C11H18N2OS. The van der Waals surface area contributed by atoms with Crippen molar-refractivity contribution in [2.24, 2.45) is 0 Å².